The maximum Gasteiger partial charge on any atom is 0.411 e. The van der Waals surface area contributed by atoms with E-state index >= 15 is 0 Å². The molecule has 1 aliphatic rings. The lowest BCUT2D eigenvalue weighted by Crippen LogP contribution is -2.60. The number of carbonyl (C=O) groups excluding carboxylic acids is 3. The van der Waals surface area contributed by atoms with Crippen molar-refractivity contribution in [2.24, 2.45) is 5.92 Å². The predicted octanol–water partition coefficient (Wildman–Crippen LogP) is 3.55. The summed E-state index contributed by atoms with van der Waals surface area (Å²) in [6, 6.07) is 8.40. The Bertz CT molecular complexity index is 809. The Balaban J connectivity index is 2.11. The number of benzene rings is 1. The fourth-order valence-corrected chi connectivity index (χ4v) is 3.72. The Kier molecular flexibility index (Phi) is 10.2. The normalized spacial score (nSPS) is 19.7. The Morgan fingerprint density at radius 2 is 1.82 bits per heavy atom. The van der Waals surface area contributed by atoms with E-state index in [0.29, 0.717) is 32.2 Å². The second-order valence-electron chi connectivity index (χ2n) is 10.1. The molecule has 190 valence electrons. The molecule has 3 amide bonds. The van der Waals surface area contributed by atoms with Crippen molar-refractivity contribution in [1.82, 2.24) is 15.5 Å². The molecule has 0 aliphatic carbocycles. The fourth-order valence-electron chi connectivity index (χ4n) is 3.72. The van der Waals surface area contributed by atoms with Gasteiger partial charge < -0.3 is 25.2 Å². The first-order valence-corrected chi connectivity index (χ1v) is 11.9. The third-order valence-electron chi connectivity index (χ3n) is 5.29. The van der Waals surface area contributed by atoms with E-state index < -0.39 is 42.0 Å². The van der Waals surface area contributed by atoms with Gasteiger partial charge in [0.1, 0.15) is 24.4 Å². The number of hydrogen-bond donors (Lipinski definition) is 3. The summed E-state index contributed by atoms with van der Waals surface area (Å²) in [6.07, 6.45) is -1.06. The van der Waals surface area contributed by atoms with Crippen molar-refractivity contribution in [3.8, 4) is 0 Å². The molecule has 0 spiro atoms. The zero-order valence-electron chi connectivity index (χ0n) is 20.9. The summed E-state index contributed by atoms with van der Waals surface area (Å²) in [5.74, 6) is -0.386. The van der Waals surface area contributed by atoms with Crippen molar-refractivity contribution < 1.29 is 29.0 Å². The van der Waals surface area contributed by atoms with E-state index in [9.17, 15) is 19.5 Å². The van der Waals surface area contributed by atoms with Crippen molar-refractivity contribution in [1.29, 1.82) is 0 Å². The molecule has 1 fully saturated rings. The molecule has 0 aromatic heterocycles. The van der Waals surface area contributed by atoms with Crippen molar-refractivity contribution in [3.05, 3.63) is 35.9 Å². The highest BCUT2D eigenvalue weighted by atomic mass is 16.6. The number of carbonyl (C=O) groups is 3. The first-order chi connectivity index (χ1) is 16.0. The molecule has 1 saturated heterocycles. The lowest BCUT2D eigenvalue weighted by Gasteiger charge is -2.34. The van der Waals surface area contributed by atoms with Crippen LogP contribution in [0, 0.1) is 5.92 Å². The van der Waals surface area contributed by atoms with Crippen molar-refractivity contribution >= 4 is 18.1 Å². The number of nitrogens with one attached hydrogen (secondary N) is 2. The minimum absolute atomic E-state index is 0.0864. The van der Waals surface area contributed by atoms with Crippen LogP contribution in [0.25, 0.3) is 0 Å². The smallest absolute Gasteiger partial charge is 0.411 e. The van der Waals surface area contributed by atoms with Gasteiger partial charge in [0.25, 0.3) is 0 Å². The van der Waals surface area contributed by atoms with E-state index in [-0.39, 0.29) is 12.5 Å². The van der Waals surface area contributed by atoms with Crippen LogP contribution in [0.15, 0.2) is 30.3 Å². The maximum absolute atomic E-state index is 13.2. The van der Waals surface area contributed by atoms with Crippen LogP contribution in [0.4, 0.5) is 9.59 Å². The van der Waals surface area contributed by atoms with E-state index in [4.69, 9.17) is 9.47 Å². The first kappa shape index (κ1) is 27.4. The van der Waals surface area contributed by atoms with E-state index in [1.807, 2.05) is 44.2 Å². The van der Waals surface area contributed by atoms with Gasteiger partial charge in [0.05, 0.1) is 6.10 Å². The average molecular weight is 478 g/mol. The van der Waals surface area contributed by atoms with Crippen LogP contribution in [0.5, 0.6) is 0 Å². The summed E-state index contributed by atoms with van der Waals surface area (Å²) >= 11 is 0. The lowest BCUT2D eigenvalue weighted by atomic mass is 10.0. The molecule has 3 unspecified atom stereocenters. The van der Waals surface area contributed by atoms with E-state index in [1.165, 1.54) is 4.90 Å². The summed E-state index contributed by atoms with van der Waals surface area (Å²) in [4.78, 5) is 39.7. The summed E-state index contributed by atoms with van der Waals surface area (Å²) < 4.78 is 10.8. The van der Waals surface area contributed by atoms with Gasteiger partial charge in [0, 0.05) is 6.54 Å². The van der Waals surface area contributed by atoms with Gasteiger partial charge >= 0.3 is 12.2 Å². The Morgan fingerprint density at radius 1 is 1.15 bits per heavy atom. The van der Waals surface area contributed by atoms with E-state index in [1.54, 1.807) is 20.8 Å². The van der Waals surface area contributed by atoms with Gasteiger partial charge in [-0.05, 0) is 57.9 Å². The van der Waals surface area contributed by atoms with Crippen LogP contribution in [-0.2, 0) is 20.9 Å². The second kappa shape index (κ2) is 12.6. The number of aliphatic hydroxyl groups is 1. The number of nitrogens with zero attached hydrogens (tertiary/aromatic N) is 1. The number of aliphatic hydroxyl groups excluding tert-OH is 1. The molecule has 2 rings (SSSR count). The zero-order valence-corrected chi connectivity index (χ0v) is 20.9. The fraction of sp³-hybridized carbons (Fsp3) is 0.640. The van der Waals surface area contributed by atoms with Gasteiger partial charge in [-0.15, -0.1) is 0 Å². The Hall–Kier alpha value is -2.81. The van der Waals surface area contributed by atoms with Gasteiger partial charge in [-0.25, -0.2) is 9.59 Å². The van der Waals surface area contributed by atoms with Gasteiger partial charge in [0.15, 0.2) is 0 Å². The van der Waals surface area contributed by atoms with Crippen LogP contribution in [-0.4, -0.2) is 58.6 Å². The third kappa shape index (κ3) is 9.21. The average Bonchev–Trinajstić information content (AvgIpc) is 2.92. The molecule has 0 saturated carbocycles. The Labute approximate surface area is 202 Å². The van der Waals surface area contributed by atoms with Crippen molar-refractivity contribution in [3.63, 3.8) is 0 Å². The van der Waals surface area contributed by atoms with E-state index in [2.05, 4.69) is 10.6 Å². The highest BCUT2D eigenvalue weighted by Gasteiger charge is 2.36. The molecule has 9 nitrogen and oxygen atoms in total. The van der Waals surface area contributed by atoms with Crippen LogP contribution >= 0.6 is 0 Å². The molecular weight excluding hydrogens is 438 g/mol. The number of rotatable bonds is 7. The summed E-state index contributed by atoms with van der Waals surface area (Å²) in [7, 11) is 0. The minimum atomic E-state index is -0.964. The number of amides is 3. The van der Waals surface area contributed by atoms with Crippen LogP contribution in [0.3, 0.4) is 0 Å². The summed E-state index contributed by atoms with van der Waals surface area (Å²) in [6.45, 7) is 9.52. The van der Waals surface area contributed by atoms with Gasteiger partial charge in [-0.2, -0.15) is 0 Å². The molecule has 1 aliphatic heterocycles. The number of ether oxygens (including phenoxy) is 2. The van der Waals surface area contributed by atoms with Crippen LogP contribution < -0.4 is 10.6 Å². The monoisotopic (exact) mass is 477 g/mol. The molecule has 1 heterocycles. The molecule has 3 N–H and O–H groups in total. The quantitative estimate of drug-likeness (QED) is 0.553. The van der Waals surface area contributed by atoms with Crippen LogP contribution in [0.2, 0.25) is 0 Å². The lowest BCUT2D eigenvalue weighted by molar-refractivity contribution is -0.127. The molecule has 34 heavy (non-hydrogen) atoms. The zero-order chi connectivity index (χ0) is 25.3. The molecule has 9 heteroatoms. The minimum Gasteiger partial charge on any atom is -0.444 e. The molecule has 0 radical (unpaired) electrons. The highest BCUT2D eigenvalue weighted by Crippen LogP contribution is 2.19. The second-order valence-corrected chi connectivity index (χ2v) is 10.1. The Morgan fingerprint density at radius 3 is 2.44 bits per heavy atom. The molecular formula is C25H39N3O6. The summed E-state index contributed by atoms with van der Waals surface area (Å²) in [5.41, 5.74) is 0.130. The first-order valence-electron chi connectivity index (χ1n) is 11.9. The predicted molar refractivity (Wildman–Crippen MR) is 128 cm³/mol. The highest BCUT2D eigenvalue weighted by molar-refractivity contribution is 5.86. The largest absolute Gasteiger partial charge is 0.444 e. The van der Waals surface area contributed by atoms with Gasteiger partial charge in [0.2, 0.25) is 5.91 Å². The standard InChI is InChI=1S/C25H39N3O6/c1-17(2)15-19(26-23(31)34-25(3,4)5)22(30)27-21-20(29)13-9-10-14-28(21)24(32)33-16-18-11-7-6-8-12-18/h6-8,11-12,17,19-21,29H,9-10,13-16H2,1-5H3,(H,26,31)(H,27,30). The number of hydrogen-bond acceptors (Lipinski definition) is 6. The van der Waals surface area contributed by atoms with Crippen molar-refractivity contribution in [2.75, 3.05) is 6.54 Å². The maximum atomic E-state index is 13.2. The van der Waals surface area contributed by atoms with Crippen LogP contribution in [0.1, 0.15) is 65.9 Å². The van der Waals surface area contributed by atoms with Gasteiger partial charge in [-0.3, -0.25) is 9.69 Å². The summed E-state index contributed by atoms with van der Waals surface area (Å²) in [5, 5.41) is 16.1. The molecule has 1 aromatic rings. The third-order valence-corrected chi connectivity index (χ3v) is 5.29. The number of likely N-dealkylation sites (tertiary alicyclic amines) is 1. The number of alkyl carbamates (subject to hydrolysis) is 1. The SMILES string of the molecule is CC(C)CC(NC(=O)OC(C)(C)C)C(=O)NC1C(O)CCCCN1C(=O)OCc1ccccc1. The van der Waals surface area contributed by atoms with Gasteiger partial charge in [-0.1, -0.05) is 44.2 Å². The molecule has 1 aromatic carbocycles. The molecule has 0 bridgehead atoms. The van der Waals surface area contributed by atoms with E-state index in [0.717, 1.165) is 5.56 Å². The van der Waals surface area contributed by atoms with Crippen molar-refractivity contribution in [2.45, 2.75) is 90.8 Å². The topological polar surface area (TPSA) is 117 Å². The molecule has 3 atom stereocenters.